The Morgan fingerprint density at radius 2 is 2.22 bits per heavy atom. The fourth-order valence-corrected chi connectivity index (χ4v) is 3.56. The maximum atomic E-state index is 6.30. The lowest BCUT2D eigenvalue weighted by Gasteiger charge is -2.40. The van der Waals surface area contributed by atoms with Crippen LogP contribution >= 0.6 is 11.3 Å². The zero-order chi connectivity index (χ0) is 12.7. The second kappa shape index (κ2) is 4.43. The molecule has 1 aliphatic rings. The number of anilines is 2. The first kappa shape index (κ1) is 11.8. The number of nitrogens with two attached hydrogens (primary N) is 1. The predicted molar refractivity (Wildman–Crippen MR) is 79.2 cm³/mol. The molecule has 3 nitrogen and oxygen atoms in total. The third kappa shape index (κ3) is 1.75. The second-order valence-corrected chi connectivity index (χ2v) is 6.14. The molecule has 2 aromatic rings. The molecule has 18 heavy (non-hydrogen) atoms. The summed E-state index contributed by atoms with van der Waals surface area (Å²) in [7, 11) is 0. The highest BCUT2D eigenvalue weighted by Gasteiger charge is 2.26. The van der Waals surface area contributed by atoms with E-state index in [0.717, 1.165) is 29.4 Å². The number of aromatic nitrogens is 1. The van der Waals surface area contributed by atoms with Crippen LogP contribution in [0.15, 0.2) is 17.6 Å². The summed E-state index contributed by atoms with van der Waals surface area (Å²) in [5.74, 6) is 0.726. The number of fused-ring (bicyclic) bond motifs is 1. The zero-order valence-electron chi connectivity index (χ0n) is 10.9. The Morgan fingerprint density at radius 3 is 3.06 bits per heavy atom. The molecule has 96 valence electrons. The molecule has 0 radical (unpaired) electrons. The number of benzene rings is 1. The van der Waals surface area contributed by atoms with Crippen molar-refractivity contribution in [3.05, 3.63) is 17.6 Å². The molecular formula is C14H19N3S. The van der Waals surface area contributed by atoms with Gasteiger partial charge in [0.15, 0.2) is 0 Å². The summed E-state index contributed by atoms with van der Waals surface area (Å²) in [6, 6.07) is 4.85. The molecule has 2 unspecified atom stereocenters. The number of thiazole rings is 1. The number of nitrogens with zero attached hydrogens (tertiary/aromatic N) is 2. The number of rotatable bonds is 1. The van der Waals surface area contributed by atoms with Gasteiger partial charge in [0.1, 0.15) is 5.52 Å². The lowest BCUT2D eigenvalue weighted by atomic mass is 9.91. The van der Waals surface area contributed by atoms with Gasteiger partial charge in [-0.15, -0.1) is 11.3 Å². The molecule has 1 aliphatic heterocycles. The van der Waals surface area contributed by atoms with Gasteiger partial charge >= 0.3 is 0 Å². The first-order chi connectivity index (χ1) is 8.68. The van der Waals surface area contributed by atoms with Gasteiger partial charge in [0.25, 0.3) is 0 Å². The first-order valence-corrected chi connectivity index (χ1v) is 7.44. The van der Waals surface area contributed by atoms with Gasteiger partial charge in [-0.05, 0) is 37.8 Å². The summed E-state index contributed by atoms with van der Waals surface area (Å²) in [6.45, 7) is 5.73. The van der Waals surface area contributed by atoms with Crippen LogP contribution in [-0.4, -0.2) is 17.6 Å². The minimum absolute atomic E-state index is 0.553. The molecule has 2 heterocycles. The van der Waals surface area contributed by atoms with Gasteiger partial charge in [-0.25, -0.2) is 4.98 Å². The highest BCUT2D eigenvalue weighted by atomic mass is 32.1. The molecule has 1 saturated heterocycles. The summed E-state index contributed by atoms with van der Waals surface area (Å²) in [4.78, 5) is 6.83. The van der Waals surface area contributed by atoms with Crippen LogP contribution in [0, 0.1) is 5.92 Å². The molecule has 2 atom stereocenters. The van der Waals surface area contributed by atoms with Gasteiger partial charge in [0, 0.05) is 12.6 Å². The summed E-state index contributed by atoms with van der Waals surface area (Å²) < 4.78 is 1.17. The Labute approximate surface area is 112 Å². The van der Waals surface area contributed by atoms with Gasteiger partial charge in [0.05, 0.1) is 21.6 Å². The SMILES string of the molecule is CC1CCCN(c2ccc3scnc3c2N)C1C. The van der Waals surface area contributed by atoms with E-state index < -0.39 is 0 Å². The van der Waals surface area contributed by atoms with E-state index >= 15 is 0 Å². The third-order valence-electron chi connectivity index (χ3n) is 4.20. The molecule has 3 rings (SSSR count). The van der Waals surface area contributed by atoms with Crippen LogP contribution in [0.2, 0.25) is 0 Å². The molecule has 0 bridgehead atoms. The lowest BCUT2D eigenvalue weighted by molar-refractivity contribution is 0.364. The van der Waals surface area contributed by atoms with E-state index in [4.69, 9.17) is 5.73 Å². The van der Waals surface area contributed by atoms with Crippen molar-refractivity contribution in [2.24, 2.45) is 5.92 Å². The van der Waals surface area contributed by atoms with Crippen molar-refractivity contribution < 1.29 is 0 Å². The van der Waals surface area contributed by atoms with Gasteiger partial charge in [-0.3, -0.25) is 0 Å². The van der Waals surface area contributed by atoms with Crippen molar-refractivity contribution in [3.63, 3.8) is 0 Å². The number of hydrogen-bond acceptors (Lipinski definition) is 4. The van der Waals surface area contributed by atoms with Crippen molar-refractivity contribution in [1.82, 2.24) is 4.98 Å². The van der Waals surface area contributed by atoms with Crippen LogP contribution in [0.5, 0.6) is 0 Å². The molecule has 0 spiro atoms. The fourth-order valence-electron chi connectivity index (χ4n) is 2.87. The molecule has 4 heteroatoms. The van der Waals surface area contributed by atoms with E-state index in [9.17, 15) is 0 Å². The monoisotopic (exact) mass is 261 g/mol. The summed E-state index contributed by atoms with van der Waals surface area (Å²) >= 11 is 1.65. The maximum Gasteiger partial charge on any atom is 0.106 e. The standard InChI is InChI=1S/C14H19N3S/c1-9-4-3-7-17(10(9)2)11-5-6-12-14(13(11)15)16-8-18-12/h5-6,8-10H,3-4,7,15H2,1-2H3. The molecule has 0 aliphatic carbocycles. The van der Waals surface area contributed by atoms with E-state index in [1.807, 2.05) is 5.51 Å². The molecular weight excluding hydrogens is 242 g/mol. The highest BCUT2D eigenvalue weighted by Crippen LogP contribution is 2.36. The molecule has 0 amide bonds. The molecule has 2 N–H and O–H groups in total. The van der Waals surface area contributed by atoms with Crippen molar-refractivity contribution in [1.29, 1.82) is 0 Å². The van der Waals surface area contributed by atoms with Crippen LogP contribution in [0.4, 0.5) is 11.4 Å². The van der Waals surface area contributed by atoms with Crippen molar-refractivity contribution >= 4 is 32.9 Å². The minimum atomic E-state index is 0.553. The van der Waals surface area contributed by atoms with E-state index in [2.05, 4.69) is 35.9 Å². The van der Waals surface area contributed by atoms with Gasteiger partial charge in [0.2, 0.25) is 0 Å². The van der Waals surface area contributed by atoms with E-state index in [1.54, 1.807) is 11.3 Å². The quantitative estimate of drug-likeness (QED) is 0.799. The Kier molecular flexibility index (Phi) is 2.90. The third-order valence-corrected chi connectivity index (χ3v) is 5.00. The van der Waals surface area contributed by atoms with Crippen LogP contribution in [-0.2, 0) is 0 Å². The van der Waals surface area contributed by atoms with Crippen LogP contribution in [0.1, 0.15) is 26.7 Å². The summed E-state index contributed by atoms with van der Waals surface area (Å²) in [5.41, 5.74) is 11.1. The fraction of sp³-hybridized carbons (Fsp3) is 0.500. The number of nitrogen functional groups attached to an aromatic ring is 1. The van der Waals surface area contributed by atoms with Crippen molar-refractivity contribution in [2.45, 2.75) is 32.7 Å². The average molecular weight is 261 g/mol. The van der Waals surface area contributed by atoms with Gasteiger partial charge < -0.3 is 10.6 Å². The maximum absolute atomic E-state index is 6.30. The Balaban J connectivity index is 2.05. The largest absolute Gasteiger partial charge is 0.395 e. The van der Waals surface area contributed by atoms with Gasteiger partial charge in [-0.2, -0.15) is 0 Å². The second-order valence-electron chi connectivity index (χ2n) is 5.25. The Morgan fingerprint density at radius 1 is 1.39 bits per heavy atom. The van der Waals surface area contributed by atoms with Crippen molar-refractivity contribution in [2.75, 3.05) is 17.2 Å². The van der Waals surface area contributed by atoms with Crippen molar-refractivity contribution in [3.8, 4) is 0 Å². The topological polar surface area (TPSA) is 42.2 Å². The van der Waals surface area contributed by atoms with E-state index in [0.29, 0.717) is 6.04 Å². The predicted octanol–water partition coefficient (Wildman–Crippen LogP) is 3.50. The smallest absolute Gasteiger partial charge is 0.106 e. The Hall–Kier alpha value is -1.29. The lowest BCUT2D eigenvalue weighted by Crippen LogP contribution is -2.42. The van der Waals surface area contributed by atoms with Gasteiger partial charge in [-0.1, -0.05) is 6.92 Å². The number of hydrogen-bond donors (Lipinski definition) is 1. The highest BCUT2D eigenvalue weighted by molar-refractivity contribution is 7.16. The first-order valence-electron chi connectivity index (χ1n) is 6.57. The number of piperidine rings is 1. The van der Waals surface area contributed by atoms with E-state index in [-0.39, 0.29) is 0 Å². The minimum Gasteiger partial charge on any atom is -0.395 e. The molecule has 1 fully saturated rings. The molecule has 0 saturated carbocycles. The summed E-state index contributed by atoms with van der Waals surface area (Å²) in [5, 5.41) is 0. The van der Waals surface area contributed by atoms with E-state index in [1.165, 1.54) is 17.5 Å². The summed E-state index contributed by atoms with van der Waals surface area (Å²) in [6.07, 6.45) is 2.57. The van der Waals surface area contributed by atoms with Crippen LogP contribution < -0.4 is 10.6 Å². The Bertz CT molecular complexity index is 563. The average Bonchev–Trinajstić information content (AvgIpc) is 2.83. The van der Waals surface area contributed by atoms with Crippen LogP contribution in [0.3, 0.4) is 0 Å². The van der Waals surface area contributed by atoms with Crippen LogP contribution in [0.25, 0.3) is 10.2 Å². The zero-order valence-corrected chi connectivity index (χ0v) is 11.7. The normalized spacial score (nSPS) is 24.7. The molecule has 1 aromatic carbocycles. The molecule has 1 aromatic heterocycles.